The number of rotatable bonds is 3. The van der Waals surface area contributed by atoms with Crippen LogP contribution in [0.15, 0.2) is 40.9 Å². The van der Waals surface area contributed by atoms with Crippen molar-refractivity contribution in [3.63, 3.8) is 0 Å². The zero-order valence-electron chi connectivity index (χ0n) is 12.3. The van der Waals surface area contributed by atoms with Gasteiger partial charge in [0, 0.05) is 17.2 Å². The van der Waals surface area contributed by atoms with E-state index in [1.54, 1.807) is 6.92 Å². The molecule has 0 saturated heterocycles. The van der Waals surface area contributed by atoms with Gasteiger partial charge in [0.15, 0.2) is 0 Å². The summed E-state index contributed by atoms with van der Waals surface area (Å²) in [5.41, 5.74) is 5.66. The van der Waals surface area contributed by atoms with Gasteiger partial charge in [0.1, 0.15) is 0 Å². The van der Waals surface area contributed by atoms with Crippen molar-refractivity contribution in [2.75, 3.05) is 11.9 Å². The highest BCUT2D eigenvalue weighted by atomic mass is 79.9. The van der Waals surface area contributed by atoms with Crippen molar-refractivity contribution in [1.82, 2.24) is 0 Å². The largest absolute Gasteiger partial charge is 0.389 e. The zero-order chi connectivity index (χ0) is 14.9. The van der Waals surface area contributed by atoms with Crippen molar-refractivity contribution in [2.24, 2.45) is 0 Å². The fraction of sp³-hybridized carbons (Fsp3) is 0.294. The summed E-state index contributed by atoms with van der Waals surface area (Å²) in [7, 11) is 2.05. The minimum absolute atomic E-state index is 0.452. The van der Waals surface area contributed by atoms with E-state index in [1.807, 2.05) is 18.2 Å². The first kappa shape index (κ1) is 15.1. The predicted octanol–water partition coefficient (Wildman–Crippen LogP) is 4.89. The maximum Gasteiger partial charge on any atom is 0.0762 e. The number of aryl methyl sites for hydroxylation is 2. The number of aliphatic hydroxyl groups excluding tert-OH is 1. The Morgan fingerprint density at radius 3 is 2.15 bits per heavy atom. The lowest BCUT2D eigenvalue weighted by atomic mass is 10.1. The number of halogens is 1. The molecule has 2 aromatic rings. The number of hydrogen-bond acceptors (Lipinski definition) is 2. The minimum atomic E-state index is -0.452. The van der Waals surface area contributed by atoms with Gasteiger partial charge in [0.25, 0.3) is 0 Å². The van der Waals surface area contributed by atoms with E-state index >= 15 is 0 Å². The van der Waals surface area contributed by atoms with Crippen LogP contribution in [-0.2, 0) is 0 Å². The third kappa shape index (κ3) is 3.22. The molecule has 0 bridgehead atoms. The Morgan fingerprint density at radius 1 is 1.05 bits per heavy atom. The van der Waals surface area contributed by atoms with Gasteiger partial charge in [-0.1, -0.05) is 12.1 Å². The highest BCUT2D eigenvalue weighted by Gasteiger charge is 2.11. The Bertz CT molecular complexity index is 602. The average molecular weight is 334 g/mol. The molecular weight excluding hydrogens is 314 g/mol. The van der Waals surface area contributed by atoms with Gasteiger partial charge >= 0.3 is 0 Å². The summed E-state index contributed by atoms with van der Waals surface area (Å²) < 4.78 is 0.984. The average Bonchev–Trinajstić information content (AvgIpc) is 2.36. The second-order valence-electron chi connectivity index (χ2n) is 5.29. The Hall–Kier alpha value is -1.32. The number of benzene rings is 2. The minimum Gasteiger partial charge on any atom is -0.389 e. The maximum absolute atomic E-state index is 9.63. The molecule has 0 radical (unpaired) electrons. The van der Waals surface area contributed by atoms with Crippen LogP contribution < -0.4 is 4.90 Å². The van der Waals surface area contributed by atoms with E-state index in [0.717, 1.165) is 21.4 Å². The standard InChI is InChI=1S/C17H20BrNO/c1-11-7-12(2)9-15(8-11)19(4)17-6-5-14(13(3)20)10-16(17)18/h5-10,13,20H,1-4H3/t13-/m0/s1. The summed E-state index contributed by atoms with van der Waals surface area (Å²) in [5, 5.41) is 9.63. The van der Waals surface area contributed by atoms with Crippen LogP contribution in [0.3, 0.4) is 0 Å². The lowest BCUT2D eigenvalue weighted by Gasteiger charge is -2.23. The molecule has 2 rings (SSSR count). The van der Waals surface area contributed by atoms with E-state index in [1.165, 1.54) is 11.1 Å². The second kappa shape index (κ2) is 5.98. The van der Waals surface area contributed by atoms with Crippen LogP contribution in [0.25, 0.3) is 0 Å². The molecule has 3 heteroatoms. The maximum atomic E-state index is 9.63. The van der Waals surface area contributed by atoms with Crippen LogP contribution >= 0.6 is 15.9 Å². The molecule has 20 heavy (non-hydrogen) atoms. The number of anilines is 2. The highest BCUT2D eigenvalue weighted by molar-refractivity contribution is 9.10. The highest BCUT2D eigenvalue weighted by Crippen LogP contribution is 2.33. The van der Waals surface area contributed by atoms with Crippen LogP contribution in [0.4, 0.5) is 11.4 Å². The van der Waals surface area contributed by atoms with Crippen molar-refractivity contribution in [3.05, 3.63) is 57.6 Å². The summed E-state index contributed by atoms with van der Waals surface area (Å²) in [6, 6.07) is 12.5. The monoisotopic (exact) mass is 333 g/mol. The first-order valence-electron chi connectivity index (χ1n) is 6.68. The van der Waals surface area contributed by atoms with Gasteiger partial charge in [0.2, 0.25) is 0 Å². The van der Waals surface area contributed by atoms with Gasteiger partial charge in [-0.25, -0.2) is 0 Å². The Labute approximate surface area is 129 Å². The molecule has 0 aliphatic rings. The van der Waals surface area contributed by atoms with E-state index < -0.39 is 6.10 Å². The molecule has 0 saturated carbocycles. The SMILES string of the molecule is Cc1cc(C)cc(N(C)c2ccc([C@H](C)O)cc2Br)c1. The molecule has 1 N–H and O–H groups in total. The van der Waals surface area contributed by atoms with Crippen molar-refractivity contribution < 1.29 is 5.11 Å². The van der Waals surface area contributed by atoms with Crippen molar-refractivity contribution in [1.29, 1.82) is 0 Å². The Morgan fingerprint density at radius 2 is 1.65 bits per heavy atom. The summed E-state index contributed by atoms with van der Waals surface area (Å²) >= 11 is 3.60. The van der Waals surface area contributed by atoms with E-state index in [-0.39, 0.29) is 0 Å². The molecule has 0 heterocycles. The number of hydrogen-bond donors (Lipinski definition) is 1. The molecule has 0 fully saturated rings. The Kier molecular flexibility index (Phi) is 4.51. The van der Waals surface area contributed by atoms with Crippen LogP contribution in [0.5, 0.6) is 0 Å². The molecule has 2 aromatic carbocycles. The van der Waals surface area contributed by atoms with Gasteiger partial charge in [-0.2, -0.15) is 0 Å². The van der Waals surface area contributed by atoms with E-state index in [0.29, 0.717) is 0 Å². The summed E-state index contributed by atoms with van der Waals surface area (Å²) in [5.74, 6) is 0. The third-order valence-corrected chi connectivity index (χ3v) is 4.04. The normalized spacial score (nSPS) is 12.3. The first-order chi connectivity index (χ1) is 9.38. The van der Waals surface area contributed by atoms with E-state index in [9.17, 15) is 5.11 Å². The van der Waals surface area contributed by atoms with Crippen molar-refractivity contribution in [2.45, 2.75) is 26.9 Å². The van der Waals surface area contributed by atoms with Gasteiger partial charge in [-0.3, -0.25) is 0 Å². The fourth-order valence-electron chi connectivity index (χ4n) is 2.34. The van der Waals surface area contributed by atoms with E-state index in [2.05, 4.69) is 59.9 Å². The number of nitrogens with zero attached hydrogens (tertiary/aromatic N) is 1. The number of aliphatic hydroxyl groups is 1. The lowest BCUT2D eigenvalue weighted by molar-refractivity contribution is 0.199. The summed E-state index contributed by atoms with van der Waals surface area (Å²) in [4.78, 5) is 2.15. The topological polar surface area (TPSA) is 23.5 Å². The Balaban J connectivity index is 2.40. The van der Waals surface area contributed by atoms with E-state index in [4.69, 9.17) is 0 Å². The molecule has 0 aromatic heterocycles. The summed E-state index contributed by atoms with van der Waals surface area (Å²) in [6.45, 7) is 5.99. The van der Waals surface area contributed by atoms with Crippen LogP contribution in [0.1, 0.15) is 29.7 Å². The van der Waals surface area contributed by atoms with Crippen LogP contribution in [0, 0.1) is 13.8 Å². The fourth-order valence-corrected chi connectivity index (χ4v) is 3.00. The molecule has 106 valence electrons. The molecule has 1 atom stereocenters. The smallest absolute Gasteiger partial charge is 0.0762 e. The van der Waals surface area contributed by atoms with Gasteiger partial charge in [-0.15, -0.1) is 0 Å². The van der Waals surface area contributed by atoms with Crippen LogP contribution in [0.2, 0.25) is 0 Å². The van der Waals surface area contributed by atoms with Crippen LogP contribution in [-0.4, -0.2) is 12.2 Å². The van der Waals surface area contributed by atoms with Gasteiger partial charge in [-0.05, 0) is 77.7 Å². The summed E-state index contributed by atoms with van der Waals surface area (Å²) in [6.07, 6.45) is -0.452. The third-order valence-electron chi connectivity index (χ3n) is 3.41. The predicted molar refractivity (Wildman–Crippen MR) is 88.8 cm³/mol. The van der Waals surface area contributed by atoms with Gasteiger partial charge in [0.05, 0.1) is 11.8 Å². The molecule has 0 amide bonds. The molecule has 2 nitrogen and oxygen atoms in total. The lowest BCUT2D eigenvalue weighted by Crippen LogP contribution is -2.11. The molecule has 0 spiro atoms. The first-order valence-corrected chi connectivity index (χ1v) is 7.47. The van der Waals surface area contributed by atoms with Gasteiger partial charge < -0.3 is 10.0 Å². The molecule has 0 aliphatic carbocycles. The molecule has 0 unspecified atom stereocenters. The second-order valence-corrected chi connectivity index (χ2v) is 6.15. The molecule has 0 aliphatic heterocycles. The quantitative estimate of drug-likeness (QED) is 0.864. The van der Waals surface area contributed by atoms with Crippen molar-refractivity contribution >= 4 is 27.3 Å². The zero-order valence-corrected chi connectivity index (χ0v) is 13.9. The molecular formula is C17H20BrNO. The van der Waals surface area contributed by atoms with Crippen molar-refractivity contribution in [3.8, 4) is 0 Å².